The van der Waals surface area contributed by atoms with Crippen molar-refractivity contribution in [3.63, 3.8) is 0 Å². The number of quaternary nitrogens is 2. The third kappa shape index (κ3) is 5.90. The molecule has 3 rings (SSSR count). The molecule has 0 spiro atoms. The lowest BCUT2D eigenvalue weighted by atomic mass is 10.1. The van der Waals surface area contributed by atoms with Crippen molar-refractivity contribution < 1.29 is 19.4 Å². The van der Waals surface area contributed by atoms with Crippen molar-refractivity contribution in [2.75, 3.05) is 49.9 Å². The molecule has 160 valence electrons. The molecule has 1 fully saturated rings. The molecule has 0 unspecified atom stereocenters. The zero-order valence-corrected chi connectivity index (χ0v) is 18.5. The highest BCUT2D eigenvalue weighted by atomic mass is 16.2. The summed E-state index contributed by atoms with van der Waals surface area (Å²) in [6, 6.07) is 12.0. The number of benzene rings is 2. The fourth-order valence-corrected chi connectivity index (χ4v) is 3.99. The molecule has 2 amide bonds. The summed E-state index contributed by atoms with van der Waals surface area (Å²) in [5, 5.41) is 6.08. The van der Waals surface area contributed by atoms with E-state index in [1.165, 1.54) is 20.9 Å². The minimum atomic E-state index is 0.0491. The standard InChI is InChI=1S/C24H32N4O2/c1-17-8-9-21(19(3)14-17)25-23(29)15-27-10-12-28(13-11-27)16-24(30)26-22-7-5-6-18(2)20(22)4/h5-9,14H,10-13,15-16H2,1-4H3,(H,25,29)(H,26,30)/p+2. The third-order valence-electron chi connectivity index (χ3n) is 6.02. The Balaban J connectivity index is 1.42. The van der Waals surface area contributed by atoms with Crippen LogP contribution < -0.4 is 20.4 Å². The van der Waals surface area contributed by atoms with Gasteiger partial charge in [-0.05, 0) is 56.5 Å². The van der Waals surface area contributed by atoms with E-state index in [1.54, 1.807) is 0 Å². The Bertz CT molecular complexity index is 917. The van der Waals surface area contributed by atoms with E-state index in [2.05, 4.69) is 29.7 Å². The van der Waals surface area contributed by atoms with E-state index in [0.717, 1.165) is 48.7 Å². The van der Waals surface area contributed by atoms with Crippen molar-refractivity contribution in [2.24, 2.45) is 0 Å². The summed E-state index contributed by atoms with van der Waals surface area (Å²) in [5.41, 5.74) is 6.35. The Hall–Kier alpha value is -2.70. The van der Waals surface area contributed by atoms with Crippen molar-refractivity contribution in [3.05, 3.63) is 58.7 Å². The minimum absolute atomic E-state index is 0.0491. The summed E-state index contributed by atoms with van der Waals surface area (Å²) in [6.45, 7) is 12.7. The second-order valence-corrected chi connectivity index (χ2v) is 8.52. The van der Waals surface area contributed by atoms with Gasteiger partial charge in [-0.2, -0.15) is 0 Å². The van der Waals surface area contributed by atoms with Gasteiger partial charge in [0.05, 0.1) is 0 Å². The minimum Gasteiger partial charge on any atom is -0.321 e. The average molecular weight is 411 g/mol. The van der Waals surface area contributed by atoms with Crippen molar-refractivity contribution in [3.8, 4) is 0 Å². The number of carbonyl (C=O) groups excluding carboxylic acids is 2. The van der Waals surface area contributed by atoms with E-state index < -0.39 is 0 Å². The van der Waals surface area contributed by atoms with Gasteiger partial charge in [0.2, 0.25) is 0 Å². The number of amides is 2. The lowest BCUT2D eigenvalue weighted by molar-refractivity contribution is -1.00. The van der Waals surface area contributed by atoms with E-state index in [0.29, 0.717) is 13.1 Å². The van der Waals surface area contributed by atoms with Crippen LogP contribution in [0, 0.1) is 27.7 Å². The normalized spacial score (nSPS) is 18.7. The number of anilines is 2. The summed E-state index contributed by atoms with van der Waals surface area (Å²) in [5.74, 6) is 0.0998. The zero-order valence-electron chi connectivity index (χ0n) is 18.5. The summed E-state index contributed by atoms with van der Waals surface area (Å²) in [6.07, 6.45) is 0. The van der Waals surface area contributed by atoms with Crippen LogP contribution in [0.3, 0.4) is 0 Å². The predicted molar refractivity (Wildman–Crippen MR) is 120 cm³/mol. The van der Waals surface area contributed by atoms with Gasteiger partial charge in [-0.1, -0.05) is 29.8 Å². The summed E-state index contributed by atoms with van der Waals surface area (Å²) in [7, 11) is 0. The molecule has 2 aromatic rings. The Morgan fingerprint density at radius 2 is 1.33 bits per heavy atom. The first kappa shape index (κ1) is 22.0. The SMILES string of the molecule is Cc1ccc(NC(=O)C[NH+]2CC[NH+](CC(=O)Nc3cccc(C)c3C)CC2)c(C)c1. The summed E-state index contributed by atoms with van der Waals surface area (Å²) >= 11 is 0. The second kappa shape index (κ2) is 9.87. The molecule has 2 aromatic carbocycles. The quantitative estimate of drug-likeness (QED) is 0.553. The van der Waals surface area contributed by atoms with E-state index in [4.69, 9.17) is 0 Å². The predicted octanol–water partition coefficient (Wildman–Crippen LogP) is 0.281. The van der Waals surface area contributed by atoms with Crippen LogP contribution in [0.25, 0.3) is 0 Å². The first-order valence-electron chi connectivity index (χ1n) is 10.7. The molecule has 1 aliphatic heterocycles. The Labute approximate surface area is 179 Å². The third-order valence-corrected chi connectivity index (χ3v) is 6.02. The molecule has 30 heavy (non-hydrogen) atoms. The van der Waals surface area contributed by atoms with Crippen molar-refractivity contribution in [1.29, 1.82) is 0 Å². The number of aryl methyl sites for hydroxylation is 3. The van der Waals surface area contributed by atoms with Crippen molar-refractivity contribution >= 4 is 23.2 Å². The van der Waals surface area contributed by atoms with E-state index in [1.807, 2.05) is 45.0 Å². The van der Waals surface area contributed by atoms with E-state index in [-0.39, 0.29) is 11.8 Å². The van der Waals surface area contributed by atoms with E-state index >= 15 is 0 Å². The Morgan fingerprint density at radius 1 is 0.767 bits per heavy atom. The molecule has 0 saturated carbocycles. The molecule has 1 aliphatic rings. The van der Waals surface area contributed by atoms with Gasteiger partial charge in [-0.25, -0.2) is 0 Å². The lowest BCUT2D eigenvalue weighted by Crippen LogP contribution is -3.28. The van der Waals surface area contributed by atoms with Crippen LogP contribution in [0.15, 0.2) is 36.4 Å². The Morgan fingerprint density at radius 3 is 1.90 bits per heavy atom. The largest absolute Gasteiger partial charge is 0.321 e. The number of hydrogen-bond donors (Lipinski definition) is 4. The number of nitrogens with one attached hydrogen (secondary N) is 4. The molecule has 0 aliphatic carbocycles. The highest BCUT2D eigenvalue weighted by Crippen LogP contribution is 2.17. The zero-order chi connectivity index (χ0) is 21.7. The molecule has 1 heterocycles. The monoisotopic (exact) mass is 410 g/mol. The molecule has 0 aromatic heterocycles. The number of piperazine rings is 1. The van der Waals surface area contributed by atoms with Gasteiger partial charge in [0, 0.05) is 11.4 Å². The highest BCUT2D eigenvalue weighted by Gasteiger charge is 2.26. The van der Waals surface area contributed by atoms with Gasteiger partial charge in [0.25, 0.3) is 11.8 Å². The van der Waals surface area contributed by atoms with Crippen LogP contribution in [-0.4, -0.2) is 51.1 Å². The van der Waals surface area contributed by atoms with Crippen molar-refractivity contribution in [2.45, 2.75) is 27.7 Å². The van der Waals surface area contributed by atoms with Crippen LogP contribution in [0.2, 0.25) is 0 Å². The average Bonchev–Trinajstić information content (AvgIpc) is 2.69. The fraction of sp³-hybridized carbons (Fsp3) is 0.417. The van der Waals surface area contributed by atoms with Crippen molar-refractivity contribution in [1.82, 2.24) is 0 Å². The number of carbonyl (C=O) groups is 2. The van der Waals surface area contributed by atoms with Crippen LogP contribution in [-0.2, 0) is 9.59 Å². The van der Waals surface area contributed by atoms with Gasteiger partial charge in [0.1, 0.15) is 26.2 Å². The molecule has 0 atom stereocenters. The second-order valence-electron chi connectivity index (χ2n) is 8.52. The van der Waals surface area contributed by atoms with Crippen LogP contribution >= 0.6 is 0 Å². The van der Waals surface area contributed by atoms with Gasteiger partial charge < -0.3 is 20.4 Å². The summed E-state index contributed by atoms with van der Waals surface area (Å²) < 4.78 is 0. The molecule has 6 nitrogen and oxygen atoms in total. The van der Waals surface area contributed by atoms with Crippen LogP contribution in [0.5, 0.6) is 0 Å². The van der Waals surface area contributed by atoms with Gasteiger partial charge in [0.15, 0.2) is 13.1 Å². The maximum absolute atomic E-state index is 12.5. The van der Waals surface area contributed by atoms with E-state index in [9.17, 15) is 9.59 Å². The molecular formula is C24H34N4O2+2. The molecule has 0 radical (unpaired) electrons. The molecule has 0 bridgehead atoms. The first-order valence-corrected chi connectivity index (χ1v) is 10.7. The van der Waals surface area contributed by atoms with Crippen LogP contribution in [0.1, 0.15) is 22.3 Å². The maximum atomic E-state index is 12.5. The lowest BCUT2D eigenvalue weighted by Gasteiger charge is -2.29. The number of hydrogen-bond acceptors (Lipinski definition) is 2. The highest BCUT2D eigenvalue weighted by molar-refractivity contribution is 5.92. The molecule has 1 saturated heterocycles. The van der Waals surface area contributed by atoms with Gasteiger partial charge >= 0.3 is 0 Å². The molecule has 6 heteroatoms. The number of rotatable bonds is 6. The van der Waals surface area contributed by atoms with Gasteiger partial charge in [-0.15, -0.1) is 0 Å². The van der Waals surface area contributed by atoms with Gasteiger partial charge in [-0.3, -0.25) is 9.59 Å². The first-order chi connectivity index (χ1) is 14.3. The summed E-state index contributed by atoms with van der Waals surface area (Å²) in [4.78, 5) is 27.4. The maximum Gasteiger partial charge on any atom is 0.279 e. The molecular weight excluding hydrogens is 376 g/mol. The topological polar surface area (TPSA) is 67.1 Å². The molecule has 4 N–H and O–H groups in total. The smallest absolute Gasteiger partial charge is 0.279 e. The fourth-order valence-electron chi connectivity index (χ4n) is 3.99. The van der Waals surface area contributed by atoms with Crippen LogP contribution in [0.4, 0.5) is 11.4 Å². The Kier molecular flexibility index (Phi) is 7.24.